The molecule has 1 atom stereocenters. The molecule has 0 aromatic heterocycles. The largest absolute Gasteiger partial charge is 0.490 e. The fraction of sp³-hybridized carbons (Fsp3) is 0.231. The first-order valence-corrected chi connectivity index (χ1v) is 10.2. The van der Waals surface area contributed by atoms with Gasteiger partial charge < -0.3 is 9.84 Å². The Kier molecular flexibility index (Phi) is 7.53. The molecule has 5 heteroatoms. The molecule has 0 radical (unpaired) electrons. The van der Waals surface area contributed by atoms with E-state index in [4.69, 9.17) is 4.74 Å². The summed E-state index contributed by atoms with van der Waals surface area (Å²) < 4.78 is 47.9. The van der Waals surface area contributed by atoms with E-state index in [0.29, 0.717) is 25.9 Å². The molecule has 2 nitrogen and oxygen atoms in total. The van der Waals surface area contributed by atoms with E-state index in [1.165, 1.54) is 25.1 Å². The number of aliphatic hydroxyl groups is 1. The van der Waals surface area contributed by atoms with Gasteiger partial charge in [0, 0.05) is 5.56 Å². The van der Waals surface area contributed by atoms with E-state index in [-0.39, 0.29) is 16.9 Å². The lowest BCUT2D eigenvalue weighted by Crippen LogP contribution is -2.03. The average Bonchev–Trinajstić information content (AvgIpc) is 2.76. The van der Waals surface area contributed by atoms with Crippen molar-refractivity contribution < 1.29 is 23.0 Å². The molecule has 0 fully saturated rings. The van der Waals surface area contributed by atoms with Crippen LogP contribution in [-0.2, 0) is 12.8 Å². The quantitative estimate of drug-likeness (QED) is 0.310. The summed E-state index contributed by atoms with van der Waals surface area (Å²) in [6.07, 6.45) is 2.14. The zero-order valence-electron chi connectivity index (χ0n) is 17.4. The zero-order valence-corrected chi connectivity index (χ0v) is 17.4. The van der Waals surface area contributed by atoms with Crippen molar-refractivity contribution >= 4 is 0 Å². The Morgan fingerprint density at radius 3 is 2.29 bits per heavy atom. The first-order chi connectivity index (χ1) is 14.9. The first-order valence-electron chi connectivity index (χ1n) is 10.2. The lowest BCUT2D eigenvalue weighted by Gasteiger charge is -2.11. The molecule has 1 unspecified atom stereocenters. The van der Waals surface area contributed by atoms with Crippen LogP contribution in [0.3, 0.4) is 0 Å². The summed E-state index contributed by atoms with van der Waals surface area (Å²) in [5.74, 6) is -2.13. The number of aliphatic hydroxyl groups excluding tert-OH is 1. The standard InChI is InChI=1S/C26H25F3O2/c1-3-4-15-31-24-14-12-21(16-23(24)27)19-8-5-18(6-9-19)7-10-20-11-13-22(17(2)30)26(29)25(20)28/h3,5-6,8-9,11-14,16-17,30H,1,4,7,10,15H2,2H3. The van der Waals surface area contributed by atoms with Crippen LogP contribution in [0.15, 0.2) is 67.3 Å². The maximum absolute atomic E-state index is 14.3. The predicted molar refractivity (Wildman–Crippen MR) is 117 cm³/mol. The van der Waals surface area contributed by atoms with E-state index in [1.807, 2.05) is 24.3 Å². The van der Waals surface area contributed by atoms with Gasteiger partial charge in [0.05, 0.1) is 12.7 Å². The van der Waals surface area contributed by atoms with Crippen LogP contribution in [0.4, 0.5) is 13.2 Å². The molecule has 1 N–H and O–H groups in total. The number of rotatable bonds is 9. The van der Waals surface area contributed by atoms with Crippen molar-refractivity contribution in [2.24, 2.45) is 0 Å². The van der Waals surface area contributed by atoms with Gasteiger partial charge in [0.25, 0.3) is 0 Å². The molecule has 0 bridgehead atoms. The van der Waals surface area contributed by atoms with Crippen molar-refractivity contribution in [1.82, 2.24) is 0 Å². The van der Waals surface area contributed by atoms with Gasteiger partial charge in [-0.25, -0.2) is 13.2 Å². The molecule has 0 heterocycles. The van der Waals surface area contributed by atoms with Crippen LogP contribution in [0, 0.1) is 17.5 Å². The molecule has 31 heavy (non-hydrogen) atoms. The number of hydrogen-bond acceptors (Lipinski definition) is 2. The molecule has 0 saturated heterocycles. The predicted octanol–water partition coefficient (Wildman–Crippen LogP) is 6.56. The molecule has 0 spiro atoms. The number of aryl methyl sites for hydroxylation is 2. The van der Waals surface area contributed by atoms with E-state index in [9.17, 15) is 18.3 Å². The lowest BCUT2D eigenvalue weighted by molar-refractivity contribution is 0.192. The Hall–Kier alpha value is -3.05. The second-order valence-electron chi connectivity index (χ2n) is 7.39. The van der Waals surface area contributed by atoms with Gasteiger partial charge in [-0.05, 0) is 60.6 Å². The highest BCUT2D eigenvalue weighted by Crippen LogP contribution is 2.27. The number of benzene rings is 3. The maximum atomic E-state index is 14.3. The topological polar surface area (TPSA) is 29.5 Å². The summed E-state index contributed by atoms with van der Waals surface area (Å²) >= 11 is 0. The van der Waals surface area contributed by atoms with Crippen LogP contribution in [-0.4, -0.2) is 11.7 Å². The van der Waals surface area contributed by atoms with Gasteiger partial charge in [0.2, 0.25) is 0 Å². The summed E-state index contributed by atoms with van der Waals surface area (Å²) in [6.45, 7) is 5.38. The Balaban J connectivity index is 1.66. The molecule has 0 aliphatic rings. The van der Waals surface area contributed by atoms with E-state index < -0.39 is 23.6 Å². The highest BCUT2D eigenvalue weighted by atomic mass is 19.2. The third-order valence-electron chi connectivity index (χ3n) is 5.12. The van der Waals surface area contributed by atoms with E-state index >= 15 is 0 Å². The Bertz CT molecular complexity index is 1040. The Labute approximate surface area is 180 Å². The third-order valence-corrected chi connectivity index (χ3v) is 5.12. The van der Waals surface area contributed by atoms with Gasteiger partial charge >= 0.3 is 0 Å². The van der Waals surface area contributed by atoms with Gasteiger partial charge in [0.1, 0.15) is 0 Å². The summed E-state index contributed by atoms with van der Waals surface area (Å²) in [4.78, 5) is 0. The second kappa shape index (κ2) is 10.3. The molecule has 3 aromatic carbocycles. The van der Waals surface area contributed by atoms with Crippen LogP contribution in [0.1, 0.15) is 36.1 Å². The number of hydrogen-bond donors (Lipinski definition) is 1. The van der Waals surface area contributed by atoms with Crippen molar-refractivity contribution in [3.63, 3.8) is 0 Å². The van der Waals surface area contributed by atoms with Crippen molar-refractivity contribution in [3.8, 4) is 16.9 Å². The van der Waals surface area contributed by atoms with Gasteiger partial charge in [-0.3, -0.25) is 0 Å². The molecule has 0 aliphatic heterocycles. The normalized spacial score (nSPS) is 11.9. The summed E-state index contributed by atoms with van der Waals surface area (Å²) in [5.41, 5.74) is 2.74. The summed E-state index contributed by atoms with van der Waals surface area (Å²) in [7, 11) is 0. The van der Waals surface area contributed by atoms with Crippen LogP contribution < -0.4 is 4.74 Å². The van der Waals surface area contributed by atoms with Crippen LogP contribution in [0.2, 0.25) is 0 Å². The monoisotopic (exact) mass is 426 g/mol. The first kappa shape index (κ1) is 22.6. The minimum atomic E-state index is -1.06. The van der Waals surface area contributed by atoms with Crippen LogP contribution in [0.5, 0.6) is 5.75 Å². The Morgan fingerprint density at radius 2 is 1.65 bits per heavy atom. The molecular formula is C26H25F3O2. The fourth-order valence-corrected chi connectivity index (χ4v) is 3.31. The van der Waals surface area contributed by atoms with Gasteiger partial charge in [0.15, 0.2) is 23.2 Å². The van der Waals surface area contributed by atoms with E-state index in [0.717, 1.165) is 16.7 Å². The fourth-order valence-electron chi connectivity index (χ4n) is 3.31. The van der Waals surface area contributed by atoms with Gasteiger partial charge in [-0.15, -0.1) is 6.58 Å². The highest BCUT2D eigenvalue weighted by Gasteiger charge is 2.16. The molecule has 0 aliphatic carbocycles. The van der Waals surface area contributed by atoms with E-state index in [2.05, 4.69) is 6.58 Å². The van der Waals surface area contributed by atoms with Crippen molar-refractivity contribution in [1.29, 1.82) is 0 Å². The molecule has 3 aromatic rings. The average molecular weight is 426 g/mol. The SMILES string of the molecule is C=CCCOc1ccc(-c2ccc(CCc3ccc(C(C)O)c(F)c3F)cc2)cc1F. The van der Waals surface area contributed by atoms with Crippen molar-refractivity contribution in [2.45, 2.75) is 32.3 Å². The summed E-state index contributed by atoms with van der Waals surface area (Å²) in [6, 6.07) is 15.3. The molecule has 0 saturated carbocycles. The lowest BCUT2D eigenvalue weighted by atomic mass is 9.98. The maximum Gasteiger partial charge on any atom is 0.165 e. The minimum absolute atomic E-state index is 0.0463. The van der Waals surface area contributed by atoms with Gasteiger partial charge in [-0.1, -0.05) is 48.5 Å². The summed E-state index contributed by atoms with van der Waals surface area (Å²) in [5, 5.41) is 9.49. The molecule has 3 rings (SSSR count). The van der Waals surface area contributed by atoms with Crippen LogP contribution in [0.25, 0.3) is 11.1 Å². The molecule has 162 valence electrons. The van der Waals surface area contributed by atoms with E-state index in [1.54, 1.807) is 18.2 Å². The van der Waals surface area contributed by atoms with Crippen LogP contribution >= 0.6 is 0 Å². The smallest absolute Gasteiger partial charge is 0.165 e. The minimum Gasteiger partial charge on any atom is -0.490 e. The third kappa shape index (κ3) is 5.56. The molecular weight excluding hydrogens is 401 g/mol. The number of ether oxygens (including phenoxy) is 1. The second-order valence-corrected chi connectivity index (χ2v) is 7.39. The molecule has 0 amide bonds. The van der Waals surface area contributed by atoms with Crippen molar-refractivity contribution in [2.75, 3.05) is 6.61 Å². The Morgan fingerprint density at radius 1 is 0.935 bits per heavy atom. The van der Waals surface area contributed by atoms with Crippen molar-refractivity contribution in [3.05, 3.63) is 101 Å². The zero-order chi connectivity index (χ0) is 22.4. The van der Waals surface area contributed by atoms with Gasteiger partial charge in [-0.2, -0.15) is 0 Å². The highest BCUT2D eigenvalue weighted by molar-refractivity contribution is 5.64. The number of halogens is 3.